The predicted octanol–water partition coefficient (Wildman–Crippen LogP) is 2.17. The molecular formula is C15H13BrN2O2. The first kappa shape index (κ1) is 13.1. The van der Waals surface area contributed by atoms with Crippen LogP contribution in [0.1, 0.15) is 10.4 Å². The Morgan fingerprint density at radius 2 is 1.90 bits per heavy atom. The third-order valence-electron chi connectivity index (χ3n) is 3.37. The second-order valence-corrected chi connectivity index (χ2v) is 5.70. The van der Waals surface area contributed by atoms with E-state index >= 15 is 0 Å². The lowest BCUT2D eigenvalue weighted by Gasteiger charge is -2.26. The number of nitrogens with zero attached hydrogens (tertiary/aromatic N) is 1. The maximum atomic E-state index is 12.4. The summed E-state index contributed by atoms with van der Waals surface area (Å²) in [7, 11) is 0. The van der Waals surface area contributed by atoms with Gasteiger partial charge in [-0.1, -0.05) is 28.1 Å². The standard InChI is InChI=1S/C15H13BrN2O2/c16-13-4-3-10-7-12(2-1-11(10)8-13)15(20)18-6-5-17-14(19)9-18/h1-4,7-8H,5-6,9H2,(H,17,19). The van der Waals surface area contributed by atoms with Crippen molar-refractivity contribution in [3.05, 3.63) is 46.4 Å². The van der Waals surface area contributed by atoms with Gasteiger partial charge in [-0.2, -0.15) is 0 Å². The molecule has 102 valence electrons. The Hall–Kier alpha value is -1.88. The molecule has 3 rings (SSSR count). The van der Waals surface area contributed by atoms with Crippen LogP contribution in [0.5, 0.6) is 0 Å². The van der Waals surface area contributed by atoms with Gasteiger partial charge in [0.2, 0.25) is 5.91 Å². The summed E-state index contributed by atoms with van der Waals surface area (Å²) in [6, 6.07) is 11.5. The predicted molar refractivity (Wildman–Crippen MR) is 80.6 cm³/mol. The Labute approximate surface area is 124 Å². The van der Waals surface area contributed by atoms with Crippen molar-refractivity contribution in [2.75, 3.05) is 19.6 Å². The van der Waals surface area contributed by atoms with Crippen LogP contribution in [0, 0.1) is 0 Å². The van der Waals surface area contributed by atoms with E-state index in [9.17, 15) is 9.59 Å². The van der Waals surface area contributed by atoms with Crippen LogP contribution in [0.4, 0.5) is 0 Å². The van der Waals surface area contributed by atoms with Crippen molar-refractivity contribution in [2.24, 2.45) is 0 Å². The molecule has 1 saturated heterocycles. The molecule has 2 amide bonds. The summed E-state index contributed by atoms with van der Waals surface area (Å²) >= 11 is 3.43. The zero-order valence-corrected chi connectivity index (χ0v) is 12.3. The quantitative estimate of drug-likeness (QED) is 0.870. The lowest BCUT2D eigenvalue weighted by Crippen LogP contribution is -2.49. The Kier molecular flexibility index (Phi) is 3.44. The molecule has 1 fully saturated rings. The molecule has 0 spiro atoms. The van der Waals surface area contributed by atoms with Gasteiger partial charge in [0, 0.05) is 23.1 Å². The minimum atomic E-state index is -0.102. The molecular weight excluding hydrogens is 320 g/mol. The van der Waals surface area contributed by atoms with E-state index in [2.05, 4.69) is 21.2 Å². The normalized spacial score (nSPS) is 15.2. The van der Waals surface area contributed by atoms with Gasteiger partial charge >= 0.3 is 0 Å². The summed E-state index contributed by atoms with van der Waals surface area (Å²) < 4.78 is 1.01. The van der Waals surface area contributed by atoms with Crippen molar-refractivity contribution in [1.82, 2.24) is 10.2 Å². The van der Waals surface area contributed by atoms with Gasteiger partial charge in [0.15, 0.2) is 0 Å². The topological polar surface area (TPSA) is 49.4 Å². The molecule has 5 heteroatoms. The molecule has 0 aromatic heterocycles. The van der Waals surface area contributed by atoms with Crippen LogP contribution in [0.25, 0.3) is 10.8 Å². The summed E-state index contributed by atoms with van der Waals surface area (Å²) in [6.45, 7) is 1.21. The minimum Gasteiger partial charge on any atom is -0.353 e. The Balaban J connectivity index is 1.91. The van der Waals surface area contributed by atoms with E-state index in [0.717, 1.165) is 15.2 Å². The maximum Gasteiger partial charge on any atom is 0.254 e. The first-order valence-corrected chi connectivity index (χ1v) is 7.18. The molecule has 1 aliphatic rings. The van der Waals surface area contributed by atoms with Gasteiger partial charge in [-0.15, -0.1) is 0 Å². The molecule has 0 unspecified atom stereocenters. The molecule has 0 atom stereocenters. The molecule has 2 aromatic rings. The highest BCUT2D eigenvalue weighted by atomic mass is 79.9. The van der Waals surface area contributed by atoms with Crippen LogP contribution >= 0.6 is 15.9 Å². The SMILES string of the molecule is O=C1CN(C(=O)c2ccc3cc(Br)ccc3c2)CCN1. The monoisotopic (exact) mass is 332 g/mol. The molecule has 1 heterocycles. The summed E-state index contributed by atoms with van der Waals surface area (Å²) in [6.07, 6.45) is 0. The number of fused-ring (bicyclic) bond motifs is 1. The second-order valence-electron chi connectivity index (χ2n) is 4.78. The largest absolute Gasteiger partial charge is 0.353 e. The van der Waals surface area contributed by atoms with Crippen molar-refractivity contribution in [2.45, 2.75) is 0 Å². The van der Waals surface area contributed by atoms with Crippen molar-refractivity contribution in [3.8, 4) is 0 Å². The smallest absolute Gasteiger partial charge is 0.254 e. The number of benzene rings is 2. The van der Waals surface area contributed by atoms with Gasteiger partial charge in [-0.25, -0.2) is 0 Å². The fourth-order valence-electron chi connectivity index (χ4n) is 2.34. The van der Waals surface area contributed by atoms with E-state index in [0.29, 0.717) is 18.7 Å². The summed E-state index contributed by atoms with van der Waals surface area (Å²) in [5.41, 5.74) is 0.620. The minimum absolute atomic E-state index is 0.0929. The van der Waals surface area contributed by atoms with Gasteiger partial charge in [0.25, 0.3) is 5.91 Å². The number of carbonyl (C=O) groups excluding carboxylic acids is 2. The lowest BCUT2D eigenvalue weighted by atomic mass is 10.1. The summed E-state index contributed by atoms with van der Waals surface area (Å²) in [4.78, 5) is 25.3. The van der Waals surface area contributed by atoms with Crippen molar-refractivity contribution in [1.29, 1.82) is 0 Å². The van der Waals surface area contributed by atoms with Crippen LogP contribution < -0.4 is 5.32 Å². The first-order chi connectivity index (χ1) is 9.63. The van der Waals surface area contributed by atoms with Crippen LogP contribution in [0.2, 0.25) is 0 Å². The molecule has 1 N–H and O–H groups in total. The van der Waals surface area contributed by atoms with E-state index in [-0.39, 0.29) is 18.4 Å². The third-order valence-corrected chi connectivity index (χ3v) is 3.87. The zero-order valence-electron chi connectivity index (χ0n) is 10.7. The molecule has 20 heavy (non-hydrogen) atoms. The fraction of sp³-hybridized carbons (Fsp3) is 0.200. The van der Waals surface area contributed by atoms with Gasteiger partial charge in [-0.3, -0.25) is 9.59 Å². The number of halogens is 1. The first-order valence-electron chi connectivity index (χ1n) is 6.39. The molecule has 0 bridgehead atoms. The number of hydrogen-bond acceptors (Lipinski definition) is 2. The van der Waals surface area contributed by atoms with Crippen molar-refractivity contribution < 1.29 is 9.59 Å². The molecule has 1 aliphatic heterocycles. The number of amides is 2. The molecule has 2 aromatic carbocycles. The average molecular weight is 333 g/mol. The lowest BCUT2D eigenvalue weighted by molar-refractivity contribution is -0.123. The molecule has 0 radical (unpaired) electrons. The van der Waals surface area contributed by atoms with Crippen LogP contribution in [0.15, 0.2) is 40.9 Å². The number of hydrogen-bond donors (Lipinski definition) is 1. The highest BCUT2D eigenvalue weighted by Crippen LogP contribution is 2.21. The van der Waals surface area contributed by atoms with E-state index in [1.807, 2.05) is 36.4 Å². The Morgan fingerprint density at radius 1 is 1.15 bits per heavy atom. The van der Waals surface area contributed by atoms with Gasteiger partial charge in [-0.05, 0) is 35.0 Å². The van der Waals surface area contributed by atoms with E-state index in [1.165, 1.54) is 0 Å². The van der Waals surface area contributed by atoms with E-state index in [1.54, 1.807) is 4.90 Å². The highest BCUT2D eigenvalue weighted by Gasteiger charge is 2.22. The third kappa shape index (κ3) is 2.54. The Morgan fingerprint density at radius 3 is 2.70 bits per heavy atom. The highest BCUT2D eigenvalue weighted by molar-refractivity contribution is 9.10. The zero-order chi connectivity index (χ0) is 14.1. The molecule has 4 nitrogen and oxygen atoms in total. The average Bonchev–Trinajstić information content (AvgIpc) is 2.46. The maximum absolute atomic E-state index is 12.4. The summed E-state index contributed by atoms with van der Waals surface area (Å²) in [5, 5.41) is 4.81. The number of piperazine rings is 1. The van der Waals surface area contributed by atoms with Crippen molar-refractivity contribution >= 4 is 38.5 Å². The number of nitrogens with one attached hydrogen (secondary N) is 1. The second kappa shape index (κ2) is 5.25. The summed E-state index contributed by atoms with van der Waals surface area (Å²) in [5.74, 6) is -0.195. The van der Waals surface area contributed by atoms with Crippen molar-refractivity contribution in [3.63, 3.8) is 0 Å². The van der Waals surface area contributed by atoms with Crippen LogP contribution in [0.3, 0.4) is 0 Å². The van der Waals surface area contributed by atoms with Crippen LogP contribution in [-0.4, -0.2) is 36.3 Å². The molecule has 0 aliphatic carbocycles. The van der Waals surface area contributed by atoms with Crippen LogP contribution in [-0.2, 0) is 4.79 Å². The number of carbonyl (C=O) groups is 2. The van der Waals surface area contributed by atoms with Gasteiger partial charge in [0.05, 0.1) is 6.54 Å². The Bertz CT molecular complexity index is 699. The van der Waals surface area contributed by atoms with E-state index < -0.39 is 0 Å². The molecule has 0 saturated carbocycles. The fourth-order valence-corrected chi connectivity index (χ4v) is 2.72. The van der Waals surface area contributed by atoms with E-state index in [4.69, 9.17) is 0 Å². The van der Waals surface area contributed by atoms with Gasteiger partial charge in [0.1, 0.15) is 0 Å². The van der Waals surface area contributed by atoms with Gasteiger partial charge < -0.3 is 10.2 Å². The number of rotatable bonds is 1.